The second kappa shape index (κ2) is 8.62. The summed E-state index contributed by atoms with van der Waals surface area (Å²) >= 11 is 0. The van der Waals surface area contributed by atoms with E-state index in [4.69, 9.17) is 15.6 Å². The molecular formula is C23H23NO3. The molecule has 3 rings (SSSR count). The van der Waals surface area contributed by atoms with Crippen molar-refractivity contribution in [3.05, 3.63) is 108 Å². The van der Waals surface area contributed by atoms with Gasteiger partial charge in [0.1, 0.15) is 11.6 Å². The van der Waals surface area contributed by atoms with Gasteiger partial charge in [-0.15, -0.1) is 0 Å². The third-order valence-electron chi connectivity index (χ3n) is 4.61. The number of hydrogen-bond donors (Lipinski definition) is 2. The van der Waals surface area contributed by atoms with E-state index in [0.717, 1.165) is 16.7 Å². The summed E-state index contributed by atoms with van der Waals surface area (Å²) in [6, 6.07) is 28.9. The molecule has 0 heterocycles. The Hall–Kier alpha value is -2.95. The van der Waals surface area contributed by atoms with Gasteiger partial charge >= 0.3 is 5.97 Å². The van der Waals surface area contributed by atoms with Crippen molar-refractivity contribution >= 4 is 5.97 Å². The maximum atomic E-state index is 11.1. The molecule has 0 radical (unpaired) electrons. The van der Waals surface area contributed by atoms with Gasteiger partial charge in [0.15, 0.2) is 0 Å². The lowest BCUT2D eigenvalue weighted by Gasteiger charge is -2.36. The summed E-state index contributed by atoms with van der Waals surface area (Å²) in [4.78, 5) is 11.1. The SMILES string of the molecule is N[C@@H](CCOC(c1ccccc1)(c1ccccc1)c1ccccc1)C(=O)O. The number of carboxylic acids is 1. The zero-order valence-corrected chi connectivity index (χ0v) is 15.0. The van der Waals surface area contributed by atoms with Crippen molar-refractivity contribution < 1.29 is 14.6 Å². The van der Waals surface area contributed by atoms with Crippen LogP contribution < -0.4 is 5.73 Å². The second-order valence-corrected chi connectivity index (χ2v) is 6.36. The molecule has 0 aliphatic heterocycles. The van der Waals surface area contributed by atoms with Crippen molar-refractivity contribution in [3.63, 3.8) is 0 Å². The minimum absolute atomic E-state index is 0.214. The first-order valence-electron chi connectivity index (χ1n) is 8.93. The molecule has 0 spiro atoms. The Morgan fingerprint density at radius 2 is 1.19 bits per heavy atom. The van der Waals surface area contributed by atoms with E-state index in [1.165, 1.54) is 0 Å². The molecule has 0 aliphatic rings. The minimum Gasteiger partial charge on any atom is -0.480 e. The van der Waals surface area contributed by atoms with Crippen LogP contribution >= 0.6 is 0 Å². The Balaban J connectivity index is 2.10. The summed E-state index contributed by atoms with van der Waals surface area (Å²) in [6.45, 7) is 0.214. The third-order valence-corrected chi connectivity index (χ3v) is 4.61. The molecule has 0 saturated heterocycles. The highest BCUT2D eigenvalue weighted by Crippen LogP contribution is 2.40. The fourth-order valence-corrected chi connectivity index (χ4v) is 3.23. The number of hydrogen-bond acceptors (Lipinski definition) is 3. The molecular weight excluding hydrogens is 338 g/mol. The summed E-state index contributed by atoms with van der Waals surface area (Å²) in [5.74, 6) is -1.02. The summed E-state index contributed by atoms with van der Waals surface area (Å²) in [5, 5.41) is 9.08. The van der Waals surface area contributed by atoms with Crippen LogP contribution in [0.2, 0.25) is 0 Å². The van der Waals surface area contributed by atoms with E-state index in [9.17, 15) is 4.79 Å². The van der Waals surface area contributed by atoms with Gasteiger partial charge in [0.05, 0.1) is 6.61 Å². The Morgan fingerprint density at radius 1 is 0.815 bits per heavy atom. The van der Waals surface area contributed by atoms with Gasteiger partial charge in [0, 0.05) is 0 Å². The number of rotatable bonds is 8. The smallest absolute Gasteiger partial charge is 0.320 e. The van der Waals surface area contributed by atoms with Gasteiger partial charge in [-0.1, -0.05) is 91.0 Å². The van der Waals surface area contributed by atoms with Gasteiger partial charge in [0.25, 0.3) is 0 Å². The fraction of sp³-hybridized carbons (Fsp3) is 0.174. The molecule has 0 aliphatic carbocycles. The minimum atomic E-state index is -1.02. The molecule has 3 aromatic rings. The highest BCUT2D eigenvalue weighted by Gasteiger charge is 2.37. The van der Waals surface area contributed by atoms with Crippen LogP contribution in [0, 0.1) is 0 Å². The Kier molecular flexibility index (Phi) is 6.01. The quantitative estimate of drug-likeness (QED) is 0.599. The van der Waals surface area contributed by atoms with E-state index in [1.54, 1.807) is 0 Å². The lowest BCUT2D eigenvalue weighted by atomic mass is 9.80. The topological polar surface area (TPSA) is 72.5 Å². The normalized spacial score (nSPS) is 12.5. The molecule has 4 nitrogen and oxygen atoms in total. The van der Waals surface area contributed by atoms with Crippen molar-refractivity contribution in [2.75, 3.05) is 6.61 Å². The molecule has 0 fully saturated rings. The monoisotopic (exact) mass is 361 g/mol. The summed E-state index contributed by atoms with van der Waals surface area (Å²) in [6.07, 6.45) is 0.226. The van der Waals surface area contributed by atoms with Crippen LogP contribution in [0.15, 0.2) is 91.0 Å². The van der Waals surface area contributed by atoms with Gasteiger partial charge in [-0.2, -0.15) is 0 Å². The van der Waals surface area contributed by atoms with Crippen molar-refractivity contribution in [1.82, 2.24) is 0 Å². The van der Waals surface area contributed by atoms with E-state index in [0.29, 0.717) is 0 Å². The van der Waals surface area contributed by atoms with Gasteiger partial charge in [-0.25, -0.2) is 0 Å². The maximum Gasteiger partial charge on any atom is 0.320 e. The number of ether oxygens (including phenoxy) is 1. The van der Waals surface area contributed by atoms with Gasteiger partial charge in [-0.05, 0) is 23.1 Å². The zero-order chi connectivity index (χ0) is 19.1. The van der Waals surface area contributed by atoms with Crippen molar-refractivity contribution in [2.24, 2.45) is 5.73 Å². The molecule has 27 heavy (non-hydrogen) atoms. The lowest BCUT2D eigenvalue weighted by Crippen LogP contribution is -2.36. The second-order valence-electron chi connectivity index (χ2n) is 6.36. The number of carboxylic acid groups (broad SMARTS) is 1. The Labute approximate surface area is 159 Å². The molecule has 0 saturated carbocycles. The predicted molar refractivity (Wildman–Crippen MR) is 105 cm³/mol. The Morgan fingerprint density at radius 3 is 1.52 bits per heavy atom. The number of aliphatic carboxylic acids is 1. The first-order chi connectivity index (χ1) is 13.1. The number of nitrogens with two attached hydrogens (primary N) is 1. The standard InChI is InChI=1S/C23H23NO3/c24-21(22(25)26)16-17-27-23(18-10-4-1-5-11-18,19-12-6-2-7-13-19)20-14-8-3-9-15-20/h1-15,21H,16-17,24H2,(H,25,26)/t21-/m0/s1. The summed E-state index contributed by atoms with van der Waals surface area (Å²) in [5.41, 5.74) is 7.77. The van der Waals surface area contributed by atoms with E-state index < -0.39 is 17.6 Å². The molecule has 3 N–H and O–H groups in total. The van der Waals surface area contributed by atoms with Crippen LogP contribution in [-0.2, 0) is 15.1 Å². The van der Waals surface area contributed by atoms with Gasteiger partial charge < -0.3 is 15.6 Å². The molecule has 0 bridgehead atoms. The lowest BCUT2D eigenvalue weighted by molar-refractivity contribution is -0.139. The molecule has 0 amide bonds. The first-order valence-corrected chi connectivity index (χ1v) is 8.93. The van der Waals surface area contributed by atoms with Gasteiger partial charge in [0.2, 0.25) is 0 Å². The van der Waals surface area contributed by atoms with E-state index in [1.807, 2.05) is 91.0 Å². The summed E-state index contributed by atoms with van der Waals surface area (Å²) in [7, 11) is 0. The van der Waals surface area contributed by atoms with Crippen LogP contribution in [0.1, 0.15) is 23.1 Å². The molecule has 4 heteroatoms. The highest BCUT2D eigenvalue weighted by molar-refractivity contribution is 5.72. The van der Waals surface area contributed by atoms with Crippen LogP contribution in [0.4, 0.5) is 0 Å². The predicted octanol–water partition coefficient (Wildman–Crippen LogP) is 3.80. The highest BCUT2D eigenvalue weighted by atomic mass is 16.5. The van der Waals surface area contributed by atoms with E-state index in [2.05, 4.69) is 0 Å². The summed E-state index contributed by atoms with van der Waals surface area (Å²) < 4.78 is 6.47. The average molecular weight is 361 g/mol. The van der Waals surface area contributed by atoms with Crippen LogP contribution in [0.3, 0.4) is 0 Å². The van der Waals surface area contributed by atoms with Crippen LogP contribution in [-0.4, -0.2) is 23.7 Å². The van der Waals surface area contributed by atoms with Crippen molar-refractivity contribution in [3.8, 4) is 0 Å². The third kappa shape index (κ3) is 4.08. The zero-order valence-electron chi connectivity index (χ0n) is 15.0. The van der Waals surface area contributed by atoms with Crippen LogP contribution in [0.5, 0.6) is 0 Å². The largest absolute Gasteiger partial charge is 0.480 e. The van der Waals surface area contributed by atoms with Crippen molar-refractivity contribution in [2.45, 2.75) is 18.1 Å². The molecule has 138 valence electrons. The average Bonchev–Trinajstić information content (AvgIpc) is 2.73. The molecule has 3 aromatic carbocycles. The number of carbonyl (C=O) groups is 1. The van der Waals surface area contributed by atoms with E-state index >= 15 is 0 Å². The molecule has 0 aromatic heterocycles. The van der Waals surface area contributed by atoms with Gasteiger partial charge in [-0.3, -0.25) is 4.79 Å². The van der Waals surface area contributed by atoms with Crippen molar-refractivity contribution in [1.29, 1.82) is 0 Å². The van der Waals surface area contributed by atoms with Crippen LogP contribution in [0.25, 0.3) is 0 Å². The first kappa shape index (κ1) is 18.8. The Bertz CT molecular complexity index is 754. The van der Waals surface area contributed by atoms with E-state index in [-0.39, 0.29) is 13.0 Å². The molecule has 1 atom stereocenters. The fourth-order valence-electron chi connectivity index (χ4n) is 3.23. The maximum absolute atomic E-state index is 11.1. The number of benzene rings is 3. The molecule has 0 unspecified atom stereocenters.